The second-order valence-electron chi connectivity index (χ2n) is 2.38. The summed E-state index contributed by atoms with van der Waals surface area (Å²) in [4.78, 5) is 18.6. The molecular formula is C8H8N4O. The molecule has 1 aromatic heterocycles. The third-order valence-corrected chi connectivity index (χ3v) is 1.51. The first-order valence-electron chi connectivity index (χ1n) is 3.74. The topological polar surface area (TPSA) is 92.7 Å². The fourth-order valence-electron chi connectivity index (χ4n) is 0.805. The molecule has 1 heterocycles. The fraction of sp³-hybridized carbons (Fsp3) is 0.250. The van der Waals surface area contributed by atoms with Crippen LogP contribution in [-0.2, 0) is 0 Å². The highest BCUT2D eigenvalue weighted by atomic mass is 16.1. The van der Waals surface area contributed by atoms with Crippen LogP contribution in [0, 0.1) is 11.3 Å². The van der Waals surface area contributed by atoms with Crippen molar-refractivity contribution >= 4 is 11.6 Å². The molecule has 0 fully saturated rings. The van der Waals surface area contributed by atoms with Gasteiger partial charge in [0, 0.05) is 6.42 Å². The van der Waals surface area contributed by atoms with Crippen LogP contribution in [0.3, 0.4) is 0 Å². The molecule has 66 valence electrons. The standard InChI is InChI=1S/C8H8N4O/c1-2-7(13)6-4-11-5(3-9)8(10)12-6/h4H,2H2,1H3,(H2,10,12). The largest absolute Gasteiger partial charge is 0.381 e. The van der Waals surface area contributed by atoms with Crippen molar-refractivity contribution in [2.24, 2.45) is 0 Å². The van der Waals surface area contributed by atoms with E-state index in [9.17, 15) is 4.79 Å². The van der Waals surface area contributed by atoms with Crippen LogP contribution in [0.4, 0.5) is 5.82 Å². The van der Waals surface area contributed by atoms with E-state index in [1.807, 2.05) is 0 Å². The van der Waals surface area contributed by atoms with E-state index in [-0.39, 0.29) is 23.0 Å². The van der Waals surface area contributed by atoms with Crippen LogP contribution in [0.5, 0.6) is 0 Å². The number of nitrogens with zero attached hydrogens (tertiary/aromatic N) is 3. The van der Waals surface area contributed by atoms with E-state index in [0.29, 0.717) is 6.42 Å². The average Bonchev–Trinajstić information content (AvgIpc) is 2.16. The number of anilines is 1. The molecule has 0 saturated carbocycles. The van der Waals surface area contributed by atoms with Gasteiger partial charge in [-0.05, 0) is 0 Å². The van der Waals surface area contributed by atoms with Crippen LogP contribution < -0.4 is 5.73 Å². The summed E-state index contributed by atoms with van der Waals surface area (Å²) in [7, 11) is 0. The van der Waals surface area contributed by atoms with E-state index >= 15 is 0 Å². The number of carbonyl (C=O) groups is 1. The van der Waals surface area contributed by atoms with Crippen LogP contribution in [0.25, 0.3) is 0 Å². The van der Waals surface area contributed by atoms with Crippen LogP contribution in [-0.4, -0.2) is 15.8 Å². The number of nitrogens with two attached hydrogens (primary N) is 1. The van der Waals surface area contributed by atoms with Crippen LogP contribution >= 0.6 is 0 Å². The first-order valence-corrected chi connectivity index (χ1v) is 3.74. The van der Waals surface area contributed by atoms with Gasteiger partial charge >= 0.3 is 0 Å². The molecule has 0 aliphatic rings. The van der Waals surface area contributed by atoms with Crippen molar-refractivity contribution in [2.75, 3.05) is 5.73 Å². The van der Waals surface area contributed by atoms with E-state index in [2.05, 4.69) is 9.97 Å². The predicted octanol–water partition coefficient (Wildman–Crippen LogP) is 0.523. The lowest BCUT2D eigenvalue weighted by atomic mass is 10.2. The molecule has 0 radical (unpaired) electrons. The molecule has 2 N–H and O–H groups in total. The molecule has 5 nitrogen and oxygen atoms in total. The van der Waals surface area contributed by atoms with E-state index in [1.54, 1.807) is 13.0 Å². The summed E-state index contributed by atoms with van der Waals surface area (Å²) in [5.41, 5.74) is 5.63. The Morgan fingerprint density at radius 3 is 2.92 bits per heavy atom. The summed E-state index contributed by atoms with van der Waals surface area (Å²) in [6, 6.07) is 1.77. The van der Waals surface area contributed by atoms with Crippen molar-refractivity contribution in [3.05, 3.63) is 17.6 Å². The van der Waals surface area contributed by atoms with Crippen molar-refractivity contribution in [3.63, 3.8) is 0 Å². The van der Waals surface area contributed by atoms with Gasteiger partial charge in [-0.15, -0.1) is 0 Å². The first-order chi connectivity index (χ1) is 6.19. The molecule has 5 heteroatoms. The fourth-order valence-corrected chi connectivity index (χ4v) is 0.805. The van der Waals surface area contributed by atoms with Gasteiger partial charge in [-0.1, -0.05) is 6.92 Å². The Kier molecular flexibility index (Phi) is 2.55. The zero-order chi connectivity index (χ0) is 9.84. The van der Waals surface area contributed by atoms with Crippen LogP contribution in [0.2, 0.25) is 0 Å². The summed E-state index contributed by atoms with van der Waals surface area (Å²) in [5, 5.41) is 8.49. The molecule has 0 spiro atoms. The number of hydrogen-bond acceptors (Lipinski definition) is 5. The van der Waals surface area contributed by atoms with Gasteiger partial charge in [0.15, 0.2) is 17.3 Å². The van der Waals surface area contributed by atoms with E-state index in [4.69, 9.17) is 11.0 Å². The Morgan fingerprint density at radius 1 is 1.77 bits per heavy atom. The highest BCUT2D eigenvalue weighted by Crippen LogP contribution is 2.05. The maximum absolute atomic E-state index is 11.1. The smallest absolute Gasteiger partial charge is 0.182 e. The van der Waals surface area contributed by atoms with E-state index in [0.717, 1.165) is 0 Å². The SMILES string of the molecule is CCC(=O)c1cnc(C#N)c(N)n1. The third kappa shape index (κ3) is 1.79. The quantitative estimate of drug-likeness (QED) is 0.663. The van der Waals surface area contributed by atoms with Crippen LogP contribution in [0.15, 0.2) is 6.20 Å². The average molecular weight is 176 g/mol. The van der Waals surface area contributed by atoms with Gasteiger partial charge in [0.1, 0.15) is 11.8 Å². The van der Waals surface area contributed by atoms with Gasteiger partial charge in [-0.25, -0.2) is 9.97 Å². The lowest BCUT2D eigenvalue weighted by Crippen LogP contribution is -2.06. The second kappa shape index (κ2) is 3.63. The highest BCUT2D eigenvalue weighted by Gasteiger charge is 2.08. The summed E-state index contributed by atoms with van der Waals surface area (Å²) >= 11 is 0. The molecule has 0 bridgehead atoms. The number of ketones is 1. The Morgan fingerprint density at radius 2 is 2.46 bits per heavy atom. The minimum atomic E-state index is -0.135. The maximum Gasteiger partial charge on any atom is 0.182 e. The Labute approximate surface area is 75.2 Å². The van der Waals surface area contributed by atoms with E-state index in [1.165, 1.54) is 6.20 Å². The number of nitriles is 1. The van der Waals surface area contributed by atoms with Crippen molar-refractivity contribution in [3.8, 4) is 6.07 Å². The molecule has 0 aliphatic carbocycles. The molecule has 0 amide bonds. The molecule has 0 aliphatic heterocycles. The Balaban J connectivity index is 3.11. The molecule has 1 rings (SSSR count). The maximum atomic E-state index is 11.1. The van der Waals surface area contributed by atoms with Gasteiger partial charge in [-0.3, -0.25) is 4.79 Å². The molecule has 0 aromatic carbocycles. The monoisotopic (exact) mass is 176 g/mol. The molecular weight excluding hydrogens is 168 g/mol. The predicted molar refractivity (Wildman–Crippen MR) is 45.8 cm³/mol. The minimum absolute atomic E-state index is 0.00167. The van der Waals surface area contributed by atoms with E-state index < -0.39 is 0 Å². The third-order valence-electron chi connectivity index (χ3n) is 1.51. The normalized spacial score (nSPS) is 9.23. The number of Topliss-reactive ketones (excluding diaryl/α,β-unsaturated/α-hetero) is 1. The van der Waals surface area contributed by atoms with Crippen molar-refractivity contribution in [1.82, 2.24) is 9.97 Å². The van der Waals surface area contributed by atoms with Gasteiger partial charge in [0.25, 0.3) is 0 Å². The molecule has 1 aromatic rings. The zero-order valence-electron chi connectivity index (χ0n) is 7.11. The number of nitrogen functional groups attached to an aromatic ring is 1. The number of carbonyl (C=O) groups excluding carboxylic acids is 1. The number of rotatable bonds is 2. The summed E-state index contributed by atoms with van der Waals surface area (Å²) in [5.74, 6) is -0.134. The molecule has 0 unspecified atom stereocenters. The molecule has 0 saturated heterocycles. The lowest BCUT2D eigenvalue weighted by Gasteiger charge is -1.98. The van der Waals surface area contributed by atoms with Gasteiger partial charge in [0.2, 0.25) is 0 Å². The van der Waals surface area contributed by atoms with Crippen molar-refractivity contribution in [2.45, 2.75) is 13.3 Å². The lowest BCUT2D eigenvalue weighted by molar-refractivity contribution is 0.0983. The van der Waals surface area contributed by atoms with Crippen molar-refractivity contribution < 1.29 is 4.79 Å². The number of hydrogen-bond donors (Lipinski definition) is 1. The summed E-state index contributed by atoms with van der Waals surface area (Å²) in [6.07, 6.45) is 1.61. The van der Waals surface area contributed by atoms with Gasteiger partial charge in [0.05, 0.1) is 6.20 Å². The highest BCUT2D eigenvalue weighted by molar-refractivity contribution is 5.94. The second-order valence-corrected chi connectivity index (χ2v) is 2.38. The summed E-state index contributed by atoms with van der Waals surface area (Å²) in [6.45, 7) is 1.72. The zero-order valence-corrected chi connectivity index (χ0v) is 7.11. The van der Waals surface area contributed by atoms with Gasteiger partial charge < -0.3 is 5.73 Å². The first kappa shape index (κ1) is 9.13. The molecule has 0 atom stereocenters. The van der Waals surface area contributed by atoms with Crippen LogP contribution in [0.1, 0.15) is 29.5 Å². The van der Waals surface area contributed by atoms with Gasteiger partial charge in [-0.2, -0.15) is 5.26 Å². The minimum Gasteiger partial charge on any atom is -0.381 e. The molecule has 13 heavy (non-hydrogen) atoms. The summed E-state index contributed by atoms with van der Waals surface area (Å²) < 4.78 is 0. The Hall–Kier alpha value is -1.96. The Bertz CT molecular complexity index is 380. The number of aromatic nitrogens is 2. The van der Waals surface area contributed by atoms with Crippen molar-refractivity contribution in [1.29, 1.82) is 5.26 Å².